The number of fused-ring (bicyclic) bond motifs is 1. The summed E-state index contributed by atoms with van der Waals surface area (Å²) >= 11 is 0. The molecule has 1 aliphatic rings. The van der Waals surface area contributed by atoms with Gasteiger partial charge in [-0.05, 0) is 37.8 Å². The van der Waals surface area contributed by atoms with Crippen LogP contribution < -0.4 is 5.32 Å². The molecule has 1 fully saturated rings. The topological polar surface area (TPSA) is 84.5 Å². The summed E-state index contributed by atoms with van der Waals surface area (Å²) < 4.78 is 3.58. The first-order chi connectivity index (χ1) is 12.0. The maximum absolute atomic E-state index is 12.9. The lowest BCUT2D eigenvalue weighted by atomic mass is 9.75. The number of aryl methyl sites for hydroxylation is 2. The minimum Gasteiger partial charge on any atom is -0.393 e. The molecule has 7 heteroatoms. The van der Waals surface area contributed by atoms with Gasteiger partial charge in [0.1, 0.15) is 5.65 Å². The maximum Gasteiger partial charge on any atom is 0.255 e. The molecule has 130 valence electrons. The average molecular weight is 339 g/mol. The molecular formula is C18H21N5O2. The number of imidazole rings is 1. The zero-order chi connectivity index (χ0) is 17.6. The first-order valence-corrected chi connectivity index (χ1v) is 8.43. The Hall–Kier alpha value is -2.67. The highest BCUT2D eigenvalue weighted by Crippen LogP contribution is 2.38. The van der Waals surface area contributed by atoms with Crippen LogP contribution in [0.3, 0.4) is 0 Å². The Bertz CT molecular complexity index is 923. The molecule has 1 saturated carbocycles. The number of aromatic nitrogens is 4. The molecule has 2 N–H and O–H groups in total. The highest BCUT2D eigenvalue weighted by molar-refractivity contribution is 6.00. The van der Waals surface area contributed by atoms with Gasteiger partial charge < -0.3 is 14.8 Å². The molecule has 0 spiro atoms. The predicted octanol–water partition coefficient (Wildman–Crippen LogP) is 1.62. The van der Waals surface area contributed by atoms with Gasteiger partial charge in [0.2, 0.25) is 0 Å². The fourth-order valence-electron chi connectivity index (χ4n) is 3.51. The first-order valence-electron chi connectivity index (χ1n) is 8.43. The fourth-order valence-corrected chi connectivity index (χ4v) is 3.51. The van der Waals surface area contributed by atoms with Gasteiger partial charge in [0.25, 0.3) is 5.91 Å². The van der Waals surface area contributed by atoms with Crippen LogP contribution in [-0.2, 0) is 7.05 Å². The lowest BCUT2D eigenvalue weighted by Crippen LogP contribution is -2.41. The number of carbonyl (C=O) groups excluding carboxylic acids is 1. The van der Waals surface area contributed by atoms with Crippen molar-refractivity contribution in [3.63, 3.8) is 0 Å². The molecule has 0 aliphatic heterocycles. The molecule has 0 saturated heterocycles. The van der Waals surface area contributed by atoms with Gasteiger partial charge >= 0.3 is 0 Å². The van der Waals surface area contributed by atoms with Crippen molar-refractivity contribution in [3.05, 3.63) is 53.7 Å². The summed E-state index contributed by atoms with van der Waals surface area (Å²) in [6.07, 6.45) is 8.56. The van der Waals surface area contributed by atoms with Crippen LogP contribution in [-0.4, -0.2) is 36.3 Å². The summed E-state index contributed by atoms with van der Waals surface area (Å²) in [5, 5.41) is 17.0. The highest BCUT2D eigenvalue weighted by atomic mass is 16.3. The van der Waals surface area contributed by atoms with Crippen molar-refractivity contribution in [2.75, 3.05) is 0 Å². The van der Waals surface area contributed by atoms with Gasteiger partial charge in [-0.3, -0.25) is 9.48 Å². The van der Waals surface area contributed by atoms with Gasteiger partial charge in [-0.15, -0.1) is 0 Å². The van der Waals surface area contributed by atoms with E-state index in [-0.39, 0.29) is 24.0 Å². The van der Waals surface area contributed by atoms with Crippen LogP contribution in [0, 0.1) is 12.8 Å². The van der Waals surface area contributed by atoms with E-state index < -0.39 is 0 Å². The Kier molecular flexibility index (Phi) is 3.80. The van der Waals surface area contributed by atoms with Gasteiger partial charge in [-0.2, -0.15) is 5.10 Å². The summed E-state index contributed by atoms with van der Waals surface area (Å²) in [5.41, 5.74) is 3.02. The molecule has 1 amide bonds. The number of aliphatic hydroxyl groups is 1. The van der Waals surface area contributed by atoms with Gasteiger partial charge in [0.05, 0.1) is 29.6 Å². The Morgan fingerprint density at radius 3 is 2.88 bits per heavy atom. The fraction of sp³-hybridized carbons (Fsp3) is 0.389. The van der Waals surface area contributed by atoms with Crippen molar-refractivity contribution >= 4 is 11.6 Å². The van der Waals surface area contributed by atoms with Crippen molar-refractivity contribution in [1.29, 1.82) is 0 Å². The number of hydrogen-bond acceptors (Lipinski definition) is 4. The smallest absolute Gasteiger partial charge is 0.255 e. The number of hydrogen-bond donors (Lipinski definition) is 2. The molecule has 1 atom stereocenters. The number of nitrogens with one attached hydrogen (secondary N) is 1. The third-order valence-electron chi connectivity index (χ3n) is 4.84. The molecule has 3 heterocycles. The number of carbonyl (C=O) groups is 1. The van der Waals surface area contributed by atoms with Crippen LogP contribution in [0.2, 0.25) is 0 Å². The molecule has 0 radical (unpaired) electrons. The Morgan fingerprint density at radius 1 is 1.40 bits per heavy atom. The quantitative estimate of drug-likeness (QED) is 0.756. The zero-order valence-electron chi connectivity index (χ0n) is 14.3. The molecule has 0 aromatic carbocycles. The minimum absolute atomic E-state index is 0.161. The number of amides is 1. The van der Waals surface area contributed by atoms with Crippen molar-refractivity contribution in [2.24, 2.45) is 13.0 Å². The zero-order valence-corrected chi connectivity index (χ0v) is 14.3. The molecule has 7 nitrogen and oxygen atoms in total. The SMILES string of the molecule is Cc1cn2cccc(C(=O)NC(c3cnn(C)c3)C3CC(O)C3)c2n1. The van der Waals surface area contributed by atoms with E-state index in [4.69, 9.17) is 0 Å². The van der Waals surface area contributed by atoms with Crippen molar-refractivity contribution in [3.8, 4) is 0 Å². The van der Waals surface area contributed by atoms with Crippen LogP contribution in [0.5, 0.6) is 0 Å². The molecule has 25 heavy (non-hydrogen) atoms. The van der Waals surface area contributed by atoms with E-state index in [0.29, 0.717) is 24.1 Å². The monoisotopic (exact) mass is 339 g/mol. The minimum atomic E-state index is -0.278. The third-order valence-corrected chi connectivity index (χ3v) is 4.84. The van der Waals surface area contributed by atoms with E-state index in [0.717, 1.165) is 11.3 Å². The second-order valence-corrected chi connectivity index (χ2v) is 6.82. The third kappa shape index (κ3) is 2.91. The molecule has 0 bridgehead atoms. The van der Waals surface area contributed by atoms with Crippen LogP contribution >= 0.6 is 0 Å². The van der Waals surface area contributed by atoms with E-state index >= 15 is 0 Å². The maximum atomic E-state index is 12.9. The number of pyridine rings is 1. The molecule has 1 aliphatic carbocycles. The average Bonchev–Trinajstić information content (AvgIpc) is 3.13. The summed E-state index contributed by atoms with van der Waals surface area (Å²) in [6, 6.07) is 3.46. The Balaban J connectivity index is 1.63. The standard InChI is InChI=1S/C18H21N5O2/c1-11-9-23-5-3-4-15(17(23)20-11)18(25)21-16(12-6-14(24)7-12)13-8-19-22(2)10-13/h3-5,8-10,12,14,16,24H,6-7H2,1-2H3,(H,21,25). The van der Waals surface area contributed by atoms with E-state index in [1.807, 2.05) is 43.0 Å². The predicted molar refractivity (Wildman–Crippen MR) is 92.1 cm³/mol. The second-order valence-electron chi connectivity index (χ2n) is 6.82. The van der Waals surface area contributed by atoms with Crippen molar-refractivity contribution in [2.45, 2.75) is 31.9 Å². The number of nitrogens with zero attached hydrogens (tertiary/aromatic N) is 4. The van der Waals surface area contributed by atoms with E-state index in [2.05, 4.69) is 15.4 Å². The van der Waals surface area contributed by atoms with Gasteiger partial charge in [-0.25, -0.2) is 4.98 Å². The number of aliphatic hydroxyl groups excluding tert-OH is 1. The van der Waals surface area contributed by atoms with Gasteiger partial charge in [0, 0.05) is 31.2 Å². The largest absolute Gasteiger partial charge is 0.393 e. The first kappa shape index (κ1) is 15.8. The van der Waals surface area contributed by atoms with E-state index in [1.165, 1.54) is 0 Å². The molecule has 3 aromatic rings. The lowest BCUT2D eigenvalue weighted by molar-refractivity contribution is 0.0235. The van der Waals surface area contributed by atoms with Gasteiger partial charge in [0.15, 0.2) is 0 Å². The molecular weight excluding hydrogens is 318 g/mol. The van der Waals surface area contributed by atoms with E-state index in [9.17, 15) is 9.90 Å². The van der Waals surface area contributed by atoms with Crippen molar-refractivity contribution < 1.29 is 9.90 Å². The van der Waals surface area contributed by atoms with Crippen LogP contribution in [0.25, 0.3) is 5.65 Å². The number of rotatable bonds is 4. The Morgan fingerprint density at radius 2 is 2.20 bits per heavy atom. The summed E-state index contributed by atoms with van der Waals surface area (Å²) in [7, 11) is 1.85. The molecule has 4 rings (SSSR count). The molecule has 3 aromatic heterocycles. The lowest BCUT2D eigenvalue weighted by Gasteiger charge is -2.37. The normalized spacial score (nSPS) is 21.1. The molecule has 1 unspecified atom stereocenters. The Labute approximate surface area is 145 Å². The van der Waals surface area contributed by atoms with Gasteiger partial charge in [-0.1, -0.05) is 0 Å². The highest BCUT2D eigenvalue weighted by Gasteiger charge is 2.36. The van der Waals surface area contributed by atoms with E-state index in [1.54, 1.807) is 16.9 Å². The van der Waals surface area contributed by atoms with Crippen LogP contribution in [0.15, 0.2) is 36.9 Å². The summed E-state index contributed by atoms with van der Waals surface area (Å²) in [5.74, 6) is 0.0517. The second kappa shape index (κ2) is 6.00. The summed E-state index contributed by atoms with van der Waals surface area (Å²) in [4.78, 5) is 17.4. The summed E-state index contributed by atoms with van der Waals surface area (Å²) in [6.45, 7) is 1.91. The van der Waals surface area contributed by atoms with Crippen LogP contribution in [0.1, 0.15) is 40.5 Å². The van der Waals surface area contributed by atoms with Crippen molar-refractivity contribution in [1.82, 2.24) is 24.5 Å². The van der Waals surface area contributed by atoms with Crippen LogP contribution in [0.4, 0.5) is 0 Å².